The molecule has 0 bridgehead atoms. The van der Waals surface area contributed by atoms with Crippen LogP contribution in [0.1, 0.15) is 15.9 Å². The van der Waals surface area contributed by atoms with E-state index >= 15 is 0 Å². The van der Waals surface area contributed by atoms with E-state index in [1.54, 1.807) is 12.1 Å². The maximum Gasteiger partial charge on any atom is 0.326 e. The summed E-state index contributed by atoms with van der Waals surface area (Å²) in [7, 11) is 2.06. The summed E-state index contributed by atoms with van der Waals surface area (Å²) in [6.45, 7) is 3.29. The first-order valence-electron chi connectivity index (χ1n) is 13.6. The number of carboxylic acids is 1. The van der Waals surface area contributed by atoms with Gasteiger partial charge in [-0.05, 0) is 54.6 Å². The Labute approximate surface area is 244 Å². The zero-order valence-corrected chi connectivity index (χ0v) is 23.6. The molecule has 5 rings (SSSR count). The molecule has 1 saturated heterocycles. The van der Waals surface area contributed by atoms with Crippen LogP contribution in [0.4, 0.5) is 5.69 Å². The number of benzene rings is 4. The summed E-state index contributed by atoms with van der Waals surface area (Å²) in [5, 5.41) is 13.1. The lowest BCUT2D eigenvalue weighted by molar-refractivity contribution is -0.139. The van der Waals surface area contributed by atoms with Crippen molar-refractivity contribution in [2.45, 2.75) is 12.5 Å². The quantitative estimate of drug-likeness (QED) is 0.258. The molecule has 0 unspecified atom stereocenters. The zero-order chi connectivity index (χ0) is 28.8. The van der Waals surface area contributed by atoms with Gasteiger partial charge in [0.1, 0.15) is 17.5 Å². The lowest BCUT2D eigenvalue weighted by Crippen LogP contribution is -2.46. The Morgan fingerprint density at radius 2 is 1.59 bits per heavy atom. The third kappa shape index (κ3) is 7.06. The van der Waals surface area contributed by atoms with Crippen LogP contribution in [0.3, 0.4) is 0 Å². The SMILES string of the molecule is CN1CCN(c2ccc(Cl)cc2C(=O)N[C@@H](Cc2ccc(-c3ccccc3Oc3ccccc3)cc2)C(=O)O)CC1. The third-order valence-electron chi connectivity index (χ3n) is 7.21. The van der Waals surface area contributed by atoms with Gasteiger partial charge in [0.25, 0.3) is 5.91 Å². The van der Waals surface area contributed by atoms with Crippen molar-refractivity contribution in [3.05, 3.63) is 113 Å². The van der Waals surface area contributed by atoms with Crippen molar-refractivity contribution in [2.75, 3.05) is 38.1 Å². The Hall–Kier alpha value is -4.33. The van der Waals surface area contributed by atoms with Crippen molar-refractivity contribution in [1.82, 2.24) is 10.2 Å². The molecule has 210 valence electrons. The number of nitrogens with one attached hydrogen (secondary N) is 1. The van der Waals surface area contributed by atoms with Crippen LogP contribution in [0.25, 0.3) is 11.1 Å². The molecule has 1 aliphatic heterocycles. The number of aliphatic carboxylic acids is 1. The molecule has 0 spiro atoms. The number of carboxylic acid groups (broad SMARTS) is 1. The van der Waals surface area contributed by atoms with Crippen LogP contribution < -0.4 is 15.0 Å². The van der Waals surface area contributed by atoms with Crippen molar-refractivity contribution in [2.24, 2.45) is 0 Å². The van der Waals surface area contributed by atoms with Crippen LogP contribution in [0.15, 0.2) is 97.1 Å². The van der Waals surface area contributed by atoms with Gasteiger partial charge in [-0.3, -0.25) is 4.79 Å². The number of piperazine rings is 1. The standard InChI is InChI=1S/C33H32ClN3O4/c1-36-17-19-37(20-18-36)30-16-15-25(34)22-28(30)32(38)35-29(33(39)40)21-23-11-13-24(14-12-23)27-9-5-6-10-31(27)41-26-7-3-2-4-8-26/h2-16,22,29H,17-21H2,1H3,(H,35,38)(H,39,40)/t29-/m0/s1. The highest BCUT2D eigenvalue weighted by Crippen LogP contribution is 2.33. The van der Waals surface area contributed by atoms with Crippen molar-refractivity contribution >= 4 is 29.2 Å². The Morgan fingerprint density at radius 1 is 0.902 bits per heavy atom. The average molecular weight is 570 g/mol. The molecule has 1 aliphatic rings. The number of likely N-dealkylation sites (N-methyl/N-ethyl adjacent to an activating group) is 1. The first-order valence-corrected chi connectivity index (χ1v) is 13.9. The highest BCUT2D eigenvalue weighted by atomic mass is 35.5. The maximum absolute atomic E-state index is 13.4. The topological polar surface area (TPSA) is 82.1 Å². The summed E-state index contributed by atoms with van der Waals surface area (Å²) < 4.78 is 6.10. The lowest BCUT2D eigenvalue weighted by atomic mass is 9.99. The van der Waals surface area contributed by atoms with E-state index in [1.165, 1.54) is 0 Å². The maximum atomic E-state index is 13.4. The molecule has 1 atom stereocenters. The fourth-order valence-corrected chi connectivity index (χ4v) is 5.09. The third-order valence-corrected chi connectivity index (χ3v) is 7.45. The van der Waals surface area contributed by atoms with E-state index in [0.717, 1.165) is 60.1 Å². The molecule has 4 aromatic carbocycles. The van der Waals surface area contributed by atoms with Crippen LogP contribution in [0, 0.1) is 0 Å². The highest BCUT2D eigenvalue weighted by molar-refractivity contribution is 6.31. The second kappa shape index (κ2) is 12.9. The summed E-state index contributed by atoms with van der Waals surface area (Å²) in [5.41, 5.74) is 3.77. The molecule has 0 radical (unpaired) electrons. The number of hydrogen-bond donors (Lipinski definition) is 2. The number of ether oxygens (including phenoxy) is 1. The van der Waals surface area contributed by atoms with Crippen molar-refractivity contribution in [3.8, 4) is 22.6 Å². The van der Waals surface area contributed by atoms with Gasteiger partial charge in [0.05, 0.1) is 5.56 Å². The highest BCUT2D eigenvalue weighted by Gasteiger charge is 2.25. The summed E-state index contributed by atoms with van der Waals surface area (Å²) >= 11 is 6.24. The van der Waals surface area contributed by atoms with E-state index in [4.69, 9.17) is 16.3 Å². The van der Waals surface area contributed by atoms with Crippen LogP contribution in [-0.2, 0) is 11.2 Å². The molecule has 1 heterocycles. The van der Waals surface area contributed by atoms with Crippen LogP contribution in [0.2, 0.25) is 5.02 Å². The second-order valence-electron chi connectivity index (χ2n) is 10.1. The summed E-state index contributed by atoms with van der Waals surface area (Å²) in [6.07, 6.45) is 0.133. The molecule has 2 N–H and O–H groups in total. The molecule has 0 aliphatic carbocycles. The van der Waals surface area contributed by atoms with Gasteiger partial charge < -0.3 is 25.0 Å². The van der Waals surface area contributed by atoms with Gasteiger partial charge in [-0.25, -0.2) is 4.79 Å². The van der Waals surface area contributed by atoms with E-state index in [9.17, 15) is 14.7 Å². The molecule has 4 aromatic rings. The lowest BCUT2D eigenvalue weighted by Gasteiger charge is -2.35. The molecule has 7 nitrogen and oxygen atoms in total. The van der Waals surface area contributed by atoms with Crippen molar-refractivity contribution in [3.63, 3.8) is 0 Å². The predicted molar refractivity (Wildman–Crippen MR) is 162 cm³/mol. The van der Waals surface area contributed by atoms with Gasteiger partial charge in [-0.2, -0.15) is 0 Å². The van der Waals surface area contributed by atoms with E-state index in [2.05, 4.69) is 22.2 Å². The number of amides is 1. The van der Waals surface area contributed by atoms with Gasteiger partial charge >= 0.3 is 5.97 Å². The smallest absolute Gasteiger partial charge is 0.326 e. The number of nitrogens with zero attached hydrogens (tertiary/aromatic N) is 2. The Morgan fingerprint density at radius 3 is 2.29 bits per heavy atom. The van der Waals surface area contributed by atoms with Crippen LogP contribution in [0.5, 0.6) is 11.5 Å². The summed E-state index contributed by atoms with van der Waals surface area (Å²) in [5.74, 6) is -0.100. The molecule has 1 fully saturated rings. The number of carbonyl (C=O) groups is 2. The summed E-state index contributed by atoms with van der Waals surface area (Å²) in [6, 6.07) is 29.1. The molecule has 1 amide bonds. The number of carbonyl (C=O) groups excluding carboxylic acids is 1. The summed E-state index contributed by atoms with van der Waals surface area (Å²) in [4.78, 5) is 29.9. The minimum atomic E-state index is -1.11. The van der Waals surface area contributed by atoms with Crippen molar-refractivity contribution < 1.29 is 19.4 Å². The molecular weight excluding hydrogens is 538 g/mol. The van der Waals surface area contributed by atoms with E-state index in [0.29, 0.717) is 10.6 Å². The van der Waals surface area contributed by atoms with Crippen molar-refractivity contribution in [1.29, 1.82) is 0 Å². The van der Waals surface area contributed by atoms with Crippen LogP contribution in [-0.4, -0.2) is 61.2 Å². The van der Waals surface area contributed by atoms with Gasteiger partial charge in [0.15, 0.2) is 0 Å². The Balaban J connectivity index is 1.31. The zero-order valence-electron chi connectivity index (χ0n) is 22.8. The van der Waals surface area contributed by atoms with E-state index < -0.39 is 17.9 Å². The minimum absolute atomic E-state index is 0.133. The van der Waals surface area contributed by atoms with Gasteiger partial charge in [-0.1, -0.05) is 72.3 Å². The normalized spacial score (nSPS) is 14.3. The predicted octanol–water partition coefficient (Wildman–Crippen LogP) is 5.98. The number of hydrogen-bond acceptors (Lipinski definition) is 5. The Bertz CT molecular complexity index is 1500. The number of para-hydroxylation sites is 2. The first-order chi connectivity index (χ1) is 19.9. The van der Waals surface area contributed by atoms with Gasteiger partial charge in [-0.15, -0.1) is 0 Å². The van der Waals surface area contributed by atoms with E-state index in [-0.39, 0.29) is 6.42 Å². The first kappa shape index (κ1) is 28.2. The monoisotopic (exact) mass is 569 g/mol. The Kier molecular flexibility index (Phi) is 8.87. The molecule has 0 aromatic heterocycles. The second-order valence-corrected chi connectivity index (χ2v) is 10.6. The van der Waals surface area contributed by atoms with Crippen LogP contribution >= 0.6 is 11.6 Å². The largest absolute Gasteiger partial charge is 0.480 e. The number of halogens is 1. The average Bonchev–Trinajstić information content (AvgIpc) is 2.98. The van der Waals surface area contributed by atoms with E-state index in [1.807, 2.05) is 84.9 Å². The number of anilines is 1. The molecule has 41 heavy (non-hydrogen) atoms. The fourth-order valence-electron chi connectivity index (χ4n) is 4.92. The minimum Gasteiger partial charge on any atom is -0.480 e. The van der Waals surface area contributed by atoms with Gasteiger partial charge in [0.2, 0.25) is 0 Å². The molecule has 0 saturated carbocycles. The fraction of sp³-hybridized carbons (Fsp3) is 0.212. The number of rotatable bonds is 9. The molecular formula is C33H32ClN3O4. The molecule has 8 heteroatoms. The van der Waals surface area contributed by atoms with Gasteiger partial charge in [0, 0.05) is 48.9 Å².